The van der Waals surface area contributed by atoms with Gasteiger partial charge in [0, 0.05) is 22.5 Å². The highest BCUT2D eigenvalue weighted by molar-refractivity contribution is 7.12. The van der Waals surface area contributed by atoms with Crippen molar-refractivity contribution in [3.8, 4) is 0 Å². The maximum absolute atomic E-state index is 13.0. The Morgan fingerprint density at radius 2 is 1.93 bits per heavy atom. The Labute approximate surface area is 170 Å². The highest BCUT2D eigenvalue weighted by Gasteiger charge is 2.30. The number of aliphatic hydroxyl groups excluding tert-OH is 1. The Kier molecular flexibility index (Phi) is 8.38. The number of alkyl carbamates (subject to hydrolysis) is 1. The molecule has 0 saturated heterocycles. The standard InChI is InChI=1S/C20H31N3O4S/c1-7-13(10-21)20(5,6)23-17(25)15(16-9-8-14(12-24)28-16)11-22-18(26)27-19(2,3)4/h7-10,15,21,24H,11-12H2,1-6H3,(H,22,26)(H,23,25)/b13-7-,21-10?. The summed E-state index contributed by atoms with van der Waals surface area (Å²) in [5.74, 6) is -0.936. The van der Waals surface area contributed by atoms with Gasteiger partial charge in [-0.2, -0.15) is 0 Å². The van der Waals surface area contributed by atoms with Crippen molar-refractivity contribution in [1.82, 2.24) is 10.6 Å². The zero-order chi connectivity index (χ0) is 21.5. The Bertz CT molecular complexity index is 732. The fourth-order valence-corrected chi connectivity index (χ4v) is 3.55. The van der Waals surface area contributed by atoms with Crippen molar-refractivity contribution in [2.45, 2.75) is 65.2 Å². The van der Waals surface area contributed by atoms with Crippen LogP contribution in [0.3, 0.4) is 0 Å². The number of aliphatic hydroxyl groups is 1. The van der Waals surface area contributed by atoms with Gasteiger partial charge in [-0.3, -0.25) is 4.79 Å². The van der Waals surface area contributed by atoms with E-state index in [0.717, 1.165) is 9.75 Å². The molecule has 0 aromatic carbocycles. The highest BCUT2D eigenvalue weighted by Crippen LogP contribution is 2.26. The maximum atomic E-state index is 13.0. The number of allylic oxidation sites excluding steroid dienone is 1. The van der Waals surface area contributed by atoms with E-state index in [0.29, 0.717) is 5.57 Å². The normalized spacial score (nSPS) is 13.6. The van der Waals surface area contributed by atoms with Crippen LogP contribution in [0.4, 0.5) is 4.79 Å². The number of carbonyl (C=O) groups is 2. The molecule has 1 aromatic rings. The summed E-state index contributed by atoms with van der Waals surface area (Å²) in [7, 11) is 0. The smallest absolute Gasteiger partial charge is 0.407 e. The number of carbonyl (C=O) groups excluding carboxylic acids is 2. The van der Waals surface area contributed by atoms with Crippen LogP contribution >= 0.6 is 11.3 Å². The first-order valence-electron chi connectivity index (χ1n) is 9.09. The van der Waals surface area contributed by atoms with Crippen LogP contribution in [0.5, 0.6) is 0 Å². The minimum absolute atomic E-state index is 0.0535. The summed E-state index contributed by atoms with van der Waals surface area (Å²) in [5.41, 5.74) is -0.710. The van der Waals surface area contributed by atoms with E-state index in [4.69, 9.17) is 10.1 Å². The second-order valence-corrected chi connectivity index (χ2v) is 9.10. The second-order valence-electron chi connectivity index (χ2n) is 7.90. The Morgan fingerprint density at radius 1 is 1.29 bits per heavy atom. The Balaban J connectivity index is 3.02. The predicted octanol–water partition coefficient (Wildman–Crippen LogP) is 3.34. The van der Waals surface area contributed by atoms with Crippen molar-refractivity contribution in [3.63, 3.8) is 0 Å². The number of amides is 2. The number of ether oxygens (including phenoxy) is 1. The van der Waals surface area contributed by atoms with Crippen molar-refractivity contribution >= 4 is 29.6 Å². The monoisotopic (exact) mass is 409 g/mol. The van der Waals surface area contributed by atoms with Crippen molar-refractivity contribution in [2.24, 2.45) is 0 Å². The molecule has 7 nitrogen and oxygen atoms in total. The second kappa shape index (κ2) is 9.84. The lowest BCUT2D eigenvalue weighted by Crippen LogP contribution is -2.49. The molecule has 0 aliphatic carbocycles. The lowest BCUT2D eigenvalue weighted by molar-refractivity contribution is -0.123. The van der Waals surface area contributed by atoms with Crippen LogP contribution in [-0.4, -0.2) is 41.0 Å². The summed E-state index contributed by atoms with van der Waals surface area (Å²) in [4.78, 5) is 26.5. The zero-order valence-electron chi connectivity index (χ0n) is 17.4. The van der Waals surface area contributed by atoms with Gasteiger partial charge in [0.05, 0.1) is 18.1 Å². The highest BCUT2D eigenvalue weighted by atomic mass is 32.1. The molecule has 1 heterocycles. The lowest BCUT2D eigenvalue weighted by Gasteiger charge is -2.29. The molecular weight excluding hydrogens is 378 g/mol. The van der Waals surface area contributed by atoms with E-state index in [-0.39, 0.29) is 19.1 Å². The molecule has 8 heteroatoms. The third-order valence-corrected chi connectivity index (χ3v) is 5.16. The quantitative estimate of drug-likeness (QED) is 0.493. The molecule has 0 fully saturated rings. The first-order chi connectivity index (χ1) is 12.9. The van der Waals surface area contributed by atoms with Gasteiger partial charge in [0.25, 0.3) is 0 Å². The molecule has 0 aliphatic rings. The topological polar surface area (TPSA) is 112 Å². The van der Waals surface area contributed by atoms with Crippen LogP contribution in [0.2, 0.25) is 0 Å². The van der Waals surface area contributed by atoms with Gasteiger partial charge in [0.2, 0.25) is 5.91 Å². The molecular formula is C20H31N3O4S. The molecule has 2 amide bonds. The fraction of sp³-hybridized carbons (Fsp3) is 0.550. The van der Waals surface area contributed by atoms with Crippen LogP contribution in [0.1, 0.15) is 57.2 Å². The molecule has 0 saturated carbocycles. The van der Waals surface area contributed by atoms with Gasteiger partial charge < -0.3 is 25.9 Å². The van der Waals surface area contributed by atoms with Crippen LogP contribution in [0, 0.1) is 5.41 Å². The molecule has 1 rings (SSSR count). The summed E-state index contributed by atoms with van der Waals surface area (Å²) in [6, 6.07) is 3.53. The predicted molar refractivity (Wildman–Crippen MR) is 112 cm³/mol. The van der Waals surface area contributed by atoms with Gasteiger partial charge in [-0.25, -0.2) is 4.79 Å². The van der Waals surface area contributed by atoms with Crippen LogP contribution in [0.25, 0.3) is 0 Å². The largest absolute Gasteiger partial charge is 0.444 e. The van der Waals surface area contributed by atoms with Gasteiger partial charge in [0.15, 0.2) is 0 Å². The first kappa shape index (κ1) is 23.8. The molecule has 28 heavy (non-hydrogen) atoms. The van der Waals surface area contributed by atoms with E-state index < -0.39 is 23.2 Å². The van der Waals surface area contributed by atoms with Crippen molar-refractivity contribution in [1.29, 1.82) is 5.41 Å². The van der Waals surface area contributed by atoms with Gasteiger partial charge in [-0.05, 0) is 59.2 Å². The molecule has 1 atom stereocenters. The van der Waals surface area contributed by atoms with Crippen LogP contribution in [0.15, 0.2) is 23.8 Å². The van der Waals surface area contributed by atoms with Gasteiger partial charge in [-0.1, -0.05) is 6.08 Å². The average Bonchev–Trinajstić information content (AvgIpc) is 3.02. The van der Waals surface area contributed by atoms with E-state index in [9.17, 15) is 14.7 Å². The minimum Gasteiger partial charge on any atom is -0.444 e. The third-order valence-electron chi connectivity index (χ3n) is 3.97. The fourth-order valence-electron chi connectivity index (χ4n) is 2.58. The van der Waals surface area contributed by atoms with E-state index >= 15 is 0 Å². The van der Waals surface area contributed by atoms with E-state index in [1.54, 1.807) is 39.0 Å². The molecule has 1 unspecified atom stereocenters. The summed E-state index contributed by atoms with van der Waals surface area (Å²) >= 11 is 1.32. The summed E-state index contributed by atoms with van der Waals surface area (Å²) < 4.78 is 5.25. The van der Waals surface area contributed by atoms with Crippen molar-refractivity contribution < 1.29 is 19.4 Å². The zero-order valence-corrected chi connectivity index (χ0v) is 18.2. The Hall–Kier alpha value is -2.19. The van der Waals surface area contributed by atoms with Gasteiger partial charge in [-0.15, -0.1) is 11.3 Å². The van der Waals surface area contributed by atoms with Crippen LogP contribution < -0.4 is 10.6 Å². The molecule has 0 aliphatic heterocycles. The number of hydrogen-bond donors (Lipinski definition) is 4. The van der Waals surface area contributed by atoms with Gasteiger partial charge in [0.1, 0.15) is 5.60 Å². The number of rotatable bonds is 8. The molecule has 156 valence electrons. The summed E-state index contributed by atoms with van der Waals surface area (Å²) in [6.07, 6.45) is 2.39. The number of thiophene rings is 1. The first-order valence-corrected chi connectivity index (χ1v) is 9.90. The SMILES string of the molecule is C/C=C(/C=N)C(C)(C)NC(=O)C(CNC(=O)OC(C)(C)C)c1ccc(CO)s1. The average molecular weight is 410 g/mol. The van der Waals surface area contributed by atoms with Crippen molar-refractivity contribution in [3.05, 3.63) is 33.5 Å². The Morgan fingerprint density at radius 3 is 2.39 bits per heavy atom. The minimum atomic E-state index is -0.741. The number of hydrogen-bond acceptors (Lipinski definition) is 6. The molecule has 0 bridgehead atoms. The van der Waals surface area contributed by atoms with E-state index in [2.05, 4.69) is 10.6 Å². The molecule has 1 aromatic heterocycles. The van der Waals surface area contributed by atoms with Gasteiger partial charge >= 0.3 is 6.09 Å². The van der Waals surface area contributed by atoms with Crippen molar-refractivity contribution in [2.75, 3.05) is 6.54 Å². The molecule has 0 radical (unpaired) electrons. The van der Waals surface area contributed by atoms with E-state index in [1.165, 1.54) is 17.6 Å². The molecule has 0 spiro atoms. The van der Waals surface area contributed by atoms with Crippen LogP contribution in [-0.2, 0) is 16.1 Å². The molecule has 4 N–H and O–H groups in total. The summed E-state index contributed by atoms with van der Waals surface area (Å²) in [5, 5.41) is 22.5. The maximum Gasteiger partial charge on any atom is 0.407 e. The van der Waals surface area contributed by atoms with E-state index in [1.807, 2.05) is 20.8 Å². The number of nitrogens with one attached hydrogen (secondary N) is 3. The third kappa shape index (κ3) is 7.09. The summed E-state index contributed by atoms with van der Waals surface area (Å²) in [6.45, 7) is 10.7. The lowest BCUT2D eigenvalue weighted by atomic mass is 9.93.